The molecule has 1 aromatic carbocycles. The first kappa shape index (κ1) is 12.2. The summed E-state index contributed by atoms with van der Waals surface area (Å²) in [6, 6.07) is 8.97. The van der Waals surface area contributed by atoms with Crippen molar-refractivity contribution in [3.63, 3.8) is 0 Å². The number of rotatable bonds is 6. The number of ether oxygens (including phenoxy) is 1. The third kappa shape index (κ3) is 3.35. The summed E-state index contributed by atoms with van der Waals surface area (Å²) in [6.45, 7) is 1.05. The lowest BCUT2D eigenvalue weighted by Crippen LogP contribution is -2.14. The van der Waals surface area contributed by atoms with Crippen molar-refractivity contribution in [1.82, 2.24) is 5.32 Å². The van der Waals surface area contributed by atoms with Gasteiger partial charge in [0.15, 0.2) is 11.6 Å². The van der Waals surface area contributed by atoms with Gasteiger partial charge in [-0.1, -0.05) is 12.1 Å². The van der Waals surface area contributed by atoms with E-state index in [0.717, 1.165) is 12.1 Å². The zero-order valence-electron chi connectivity index (χ0n) is 10.6. The molecule has 3 nitrogen and oxygen atoms in total. The van der Waals surface area contributed by atoms with Crippen LogP contribution in [0.25, 0.3) is 0 Å². The summed E-state index contributed by atoms with van der Waals surface area (Å²) in [5, 5.41) is 3.41. The number of para-hydroxylation sites is 1. The second kappa shape index (κ2) is 5.45. The summed E-state index contributed by atoms with van der Waals surface area (Å²) in [5.74, 6) is 0.595. The Labute approximate surface area is 111 Å². The predicted molar refractivity (Wildman–Crippen MR) is 69.3 cm³/mol. The highest BCUT2D eigenvalue weighted by Crippen LogP contribution is 2.20. The maximum atomic E-state index is 13.3. The largest absolute Gasteiger partial charge is 0.483 e. The van der Waals surface area contributed by atoms with Gasteiger partial charge in [0.05, 0.1) is 6.26 Å². The lowest BCUT2D eigenvalue weighted by molar-refractivity contribution is 0.258. The van der Waals surface area contributed by atoms with Gasteiger partial charge >= 0.3 is 0 Å². The van der Waals surface area contributed by atoms with Crippen LogP contribution >= 0.6 is 0 Å². The Hall–Kier alpha value is -1.81. The van der Waals surface area contributed by atoms with Crippen LogP contribution in [-0.4, -0.2) is 6.04 Å². The third-order valence-electron chi connectivity index (χ3n) is 3.09. The van der Waals surface area contributed by atoms with Crippen molar-refractivity contribution in [3.05, 3.63) is 53.7 Å². The van der Waals surface area contributed by atoms with Gasteiger partial charge in [-0.3, -0.25) is 0 Å². The maximum absolute atomic E-state index is 13.3. The molecule has 2 aromatic rings. The van der Waals surface area contributed by atoms with Crippen LogP contribution in [0.5, 0.6) is 5.75 Å². The molecule has 1 aliphatic carbocycles. The molecule has 1 fully saturated rings. The predicted octanol–water partition coefficient (Wildman–Crippen LogP) is 3.25. The molecule has 19 heavy (non-hydrogen) atoms. The number of hydrogen-bond acceptors (Lipinski definition) is 3. The van der Waals surface area contributed by atoms with E-state index in [1.165, 1.54) is 18.9 Å². The molecular weight excluding hydrogens is 245 g/mol. The topological polar surface area (TPSA) is 34.4 Å². The van der Waals surface area contributed by atoms with Gasteiger partial charge < -0.3 is 14.5 Å². The summed E-state index contributed by atoms with van der Waals surface area (Å²) >= 11 is 0. The summed E-state index contributed by atoms with van der Waals surface area (Å²) in [7, 11) is 0. The molecule has 0 amide bonds. The van der Waals surface area contributed by atoms with Crippen molar-refractivity contribution in [2.75, 3.05) is 0 Å². The molecule has 3 rings (SSSR count). The van der Waals surface area contributed by atoms with Crippen molar-refractivity contribution in [2.45, 2.75) is 32.0 Å². The van der Waals surface area contributed by atoms with Gasteiger partial charge in [0.1, 0.15) is 12.4 Å². The van der Waals surface area contributed by atoms with E-state index in [9.17, 15) is 4.39 Å². The minimum atomic E-state index is -0.357. The molecule has 0 aliphatic heterocycles. The summed E-state index contributed by atoms with van der Waals surface area (Å²) in [4.78, 5) is 0. The Balaban J connectivity index is 1.53. The lowest BCUT2D eigenvalue weighted by atomic mass is 10.3. The van der Waals surface area contributed by atoms with Gasteiger partial charge in [-0.25, -0.2) is 4.39 Å². The van der Waals surface area contributed by atoms with Gasteiger partial charge in [0.25, 0.3) is 0 Å². The summed E-state index contributed by atoms with van der Waals surface area (Å²) < 4.78 is 24.1. The molecule has 1 saturated carbocycles. The van der Waals surface area contributed by atoms with E-state index in [0.29, 0.717) is 11.8 Å². The molecule has 1 N–H and O–H groups in total. The average Bonchev–Trinajstić information content (AvgIpc) is 3.14. The normalized spacial score (nSPS) is 14.6. The molecule has 1 heterocycles. The Morgan fingerprint density at radius 3 is 2.95 bits per heavy atom. The molecule has 1 aromatic heterocycles. The fourth-order valence-corrected chi connectivity index (χ4v) is 1.85. The van der Waals surface area contributed by atoms with Crippen molar-refractivity contribution < 1.29 is 13.5 Å². The van der Waals surface area contributed by atoms with Crippen LogP contribution < -0.4 is 10.1 Å². The van der Waals surface area contributed by atoms with Crippen molar-refractivity contribution in [2.24, 2.45) is 0 Å². The first-order chi connectivity index (χ1) is 9.31. The summed E-state index contributed by atoms with van der Waals surface area (Å²) in [6.07, 6.45) is 4.25. The van der Waals surface area contributed by atoms with E-state index < -0.39 is 0 Å². The van der Waals surface area contributed by atoms with E-state index in [4.69, 9.17) is 9.15 Å². The molecule has 0 radical (unpaired) electrons. The Kier molecular flexibility index (Phi) is 3.51. The van der Waals surface area contributed by atoms with E-state index >= 15 is 0 Å². The maximum Gasteiger partial charge on any atom is 0.165 e. The molecule has 0 saturated heterocycles. The van der Waals surface area contributed by atoms with E-state index in [2.05, 4.69) is 5.32 Å². The first-order valence-electron chi connectivity index (χ1n) is 6.48. The standard InChI is InChI=1S/C15H16FNO2/c16-14-3-1-2-4-15(14)19-10-13-7-11(9-18-13)8-17-12-5-6-12/h1-4,7,9,12,17H,5-6,8,10H2. The van der Waals surface area contributed by atoms with Gasteiger partial charge in [0.2, 0.25) is 0 Å². The second-order valence-corrected chi connectivity index (χ2v) is 4.80. The minimum absolute atomic E-state index is 0.240. The van der Waals surface area contributed by atoms with E-state index in [1.807, 2.05) is 6.07 Å². The van der Waals surface area contributed by atoms with Crippen molar-refractivity contribution >= 4 is 0 Å². The lowest BCUT2D eigenvalue weighted by Gasteiger charge is -2.04. The van der Waals surface area contributed by atoms with Crippen LogP contribution in [0.1, 0.15) is 24.2 Å². The fraction of sp³-hybridized carbons (Fsp3) is 0.333. The number of hydrogen-bond donors (Lipinski definition) is 1. The van der Waals surface area contributed by atoms with Crippen LogP contribution in [0.15, 0.2) is 41.0 Å². The third-order valence-corrected chi connectivity index (χ3v) is 3.09. The zero-order chi connectivity index (χ0) is 13.1. The quantitative estimate of drug-likeness (QED) is 0.866. The number of nitrogens with one attached hydrogen (secondary N) is 1. The van der Waals surface area contributed by atoms with Crippen LogP contribution in [0.2, 0.25) is 0 Å². The second-order valence-electron chi connectivity index (χ2n) is 4.80. The van der Waals surface area contributed by atoms with Gasteiger partial charge in [-0.15, -0.1) is 0 Å². The summed E-state index contributed by atoms with van der Waals surface area (Å²) in [5.41, 5.74) is 1.10. The van der Waals surface area contributed by atoms with Crippen LogP contribution in [0.4, 0.5) is 4.39 Å². The molecule has 0 unspecified atom stereocenters. The average molecular weight is 261 g/mol. The Morgan fingerprint density at radius 1 is 1.32 bits per heavy atom. The minimum Gasteiger partial charge on any atom is -0.483 e. The van der Waals surface area contributed by atoms with E-state index in [1.54, 1.807) is 24.5 Å². The molecule has 0 atom stereocenters. The van der Waals surface area contributed by atoms with Crippen LogP contribution in [0, 0.1) is 5.82 Å². The molecular formula is C15H16FNO2. The molecule has 4 heteroatoms. The van der Waals surface area contributed by atoms with E-state index in [-0.39, 0.29) is 18.2 Å². The van der Waals surface area contributed by atoms with Crippen molar-refractivity contribution in [1.29, 1.82) is 0 Å². The molecule has 1 aliphatic rings. The SMILES string of the molecule is Fc1ccccc1OCc1cc(CNC2CC2)co1. The number of furan rings is 1. The highest BCUT2D eigenvalue weighted by Gasteiger charge is 2.20. The Bertz CT molecular complexity index is 549. The van der Waals surface area contributed by atoms with Gasteiger partial charge in [0, 0.05) is 18.2 Å². The van der Waals surface area contributed by atoms with Crippen LogP contribution in [-0.2, 0) is 13.2 Å². The smallest absolute Gasteiger partial charge is 0.165 e. The molecule has 0 spiro atoms. The first-order valence-corrected chi connectivity index (χ1v) is 6.48. The fourth-order valence-electron chi connectivity index (χ4n) is 1.85. The highest BCUT2D eigenvalue weighted by atomic mass is 19.1. The highest BCUT2D eigenvalue weighted by molar-refractivity contribution is 5.24. The molecule has 100 valence electrons. The zero-order valence-corrected chi connectivity index (χ0v) is 10.6. The van der Waals surface area contributed by atoms with Gasteiger partial charge in [-0.05, 0) is 31.0 Å². The van der Waals surface area contributed by atoms with Gasteiger partial charge in [-0.2, -0.15) is 0 Å². The van der Waals surface area contributed by atoms with Crippen molar-refractivity contribution in [3.8, 4) is 5.75 Å². The Morgan fingerprint density at radius 2 is 2.16 bits per heavy atom. The number of halogens is 1. The van der Waals surface area contributed by atoms with Crippen LogP contribution in [0.3, 0.4) is 0 Å². The molecule has 0 bridgehead atoms. The monoisotopic (exact) mass is 261 g/mol. The number of benzene rings is 1.